The molecule has 25 heavy (non-hydrogen) atoms. The van der Waals surface area contributed by atoms with Crippen molar-refractivity contribution in [2.45, 2.75) is 11.7 Å². The largest absolute Gasteiger partial charge is 0.481 e. The van der Waals surface area contributed by atoms with Crippen LogP contribution in [0.3, 0.4) is 0 Å². The summed E-state index contributed by atoms with van der Waals surface area (Å²) in [6.07, 6.45) is 4.47. The zero-order chi connectivity index (χ0) is 17.6. The van der Waals surface area contributed by atoms with Crippen LogP contribution in [-0.2, 0) is 9.59 Å². The van der Waals surface area contributed by atoms with Crippen LogP contribution >= 0.6 is 11.8 Å². The van der Waals surface area contributed by atoms with E-state index in [4.69, 9.17) is 5.11 Å². The molecule has 1 unspecified atom stereocenters. The van der Waals surface area contributed by atoms with Gasteiger partial charge in [0.05, 0.1) is 18.3 Å². The van der Waals surface area contributed by atoms with Gasteiger partial charge in [0.15, 0.2) is 5.17 Å². The van der Waals surface area contributed by atoms with Gasteiger partial charge in [-0.3, -0.25) is 9.59 Å². The number of aliphatic carboxylic acids is 1. The molecule has 1 aliphatic heterocycles. The van der Waals surface area contributed by atoms with Crippen LogP contribution in [0.4, 0.5) is 0 Å². The summed E-state index contributed by atoms with van der Waals surface area (Å²) in [4.78, 5) is 30.3. The van der Waals surface area contributed by atoms with E-state index in [9.17, 15) is 9.59 Å². The minimum Gasteiger partial charge on any atom is -0.481 e. The second kappa shape index (κ2) is 7.67. The van der Waals surface area contributed by atoms with E-state index < -0.39 is 11.2 Å². The summed E-state index contributed by atoms with van der Waals surface area (Å²) in [7, 11) is 0. The Bertz CT molecular complexity index is 837. The van der Waals surface area contributed by atoms with Crippen LogP contribution in [0.2, 0.25) is 0 Å². The van der Waals surface area contributed by atoms with Gasteiger partial charge in [0, 0.05) is 11.8 Å². The molecule has 0 spiro atoms. The standard InChI is InChI=1S/C16H13N5O3S/c22-14(23)7-13-15(24)20-16(25-13)21-19-8-10-1-3-11(4-2-10)12-5-6-17-9-18-12/h1-6,8-9,13H,7H2,(H,22,23)(H,20,21,24). The number of aromatic nitrogens is 2. The van der Waals surface area contributed by atoms with Crippen LogP contribution < -0.4 is 5.32 Å². The summed E-state index contributed by atoms with van der Waals surface area (Å²) in [5.74, 6) is -1.39. The first-order valence-electron chi connectivity index (χ1n) is 7.28. The normalized spacial score (nSPS) is 18.6. The van der Waals surface area contributed by atoms with Crippen LogP contribution in [0.5, 0.6) is 0 Å². The monoisotopic (exact) mass is 355 g/mol. The number of amidine groups is 1. The van der Waals surface area contributed by atoms with Crippen LogP contribution in [0, 0.1) is 0 Å². The molecule has 126 valence electrons. The lowest BCUT2D eigenvalue weighted by Gasteiger charge is -1.99. The smallest absolute Gasteiger partial charge is 0.305 e. The van der Waals surface area contributed by atoms with Gasteiger partial charge in [-0.2, -0.15) is 5.10 Å². The van der Waals surface area contributed by atoms with E-state index in [0.29, 0.717) is 5.17 Å². The lowest BCUT2D eigenvalue weighted by molar-refractivity contribution is -0.138. The molecule has 0 bridgehead atoms. The molecule has 2 aromatic rings. The summed E-state index contributed by atoms with van der Waals surface area (Å²) in [6.45, 7) is 0. The third kappa shape index (κ3) is 4.48. The first kappa shape index (κ1) is 16.8. The molecule has 2 heterocycles. The van der Waals surface area contributed by atoms with E-state index in [-0.39, 0.29) is 12.3 Å². The van der Waals surface area contributed by atoms with Crippen molar-refractivity contribution < 1.29 is 14.7 Å². The summed E-state index contributed by atoms with van der Waals surface area (Å²) in [6, 6.07) is 9.38. The van der Waals surface area contributed by atoms with E-state index in [1.807, 2.05) is 30.3 Å². The SMILES string of the molecule is O=C(O)CC1SC(=NN=Cc2ccc(-c3ccncn3)cc2)NC1=O. The maximum absolute atomic E-state index is 11.6. The molecule has 9 heteroatoms. The molecular formula is C16H13N5O3S. The predicted molar refractivity (Wildman–Crippen MR) is 94.3 cm³/mol. The average molecular weight is 355 g/mol. The number of carboxylic acid groups (broad SMARTS) is 1. The highest BCUT2D eigenvalue weighted by atomic mass is 32.2. The minimum atomic E-state index is -1.03. The second-order valence-electron chi connectivity index (χ2n) is 5.06. The molecule has 0 aliphatic carbocycles. The van der Waals surface area contributed by atoms with Crippen molar-refractivity contribution in [2.24, 2.45) is 10.2 Å². The molecule has 1 aromatic carbocycles. The molecule has 1 aliphatic rings. The van der Waals surface area contributed by atoms with Gasteiger partial charge in [0.1, 0.15) is 11.6 Å². The van der Waals surface area contributed by atoms with Crippen molar-refractivity contribution in [2.75, 3.05) is 0 Å². The van der Waals surface area contributed by atoms with Gasteiger partial charge in [0.2, 0.25) is 5.91 Å². The van der Waals surface area contributed by atoms with Gasteiger partial charge in [-0.1, -0.05) is 36.0 Å². The zero-order valence-electron chi connectivity index (χ0n) is 12.9. The number of hydrogen-bond donors (Lipinski definition) is 2. The number of nitrogens with one attached hydrogen (secondary N) is 1. The Morgan fingerprint density at radius 2 is 2.12 bits per heavy atom. The number of amides is 1. The lowest BCUT2D eigenvalue weighted by Crippen LogP contribution is -2.26. The fourth-order valence-corrected chi connectivity index (χ4v) is 3.01. The van der Waals surface area contributed by atoms with Crippen LogP contribution in [-0.4, -0.2) is 43.6 Å². The highest BCUT2D eigenvalue weighted by molar-refractivity contribution is 8.15. The van der Waals surface area contributed by atoms with E-state index in [1.165, 1.54) is 6.33 Å². The van der Waals surface area contributed by atoms with Crippen LogP contribution in [0.1, 0.15) is 12.0 Å². The molecule has 2 N–H and O–H groups in total. The number of thioether (sulfide) groups is 1. The third-order valence-corrected chi connectivity index (χ3v) is 4.35. The fourth-order valence-electron chi connectivity index (χ4n) is 2.09. The molecule has 1 aromatic heterocycles. The molecule has 1 fully saturated rings. The zero-order valence-corrected chi connectivity index (χ0v) is 13.7. The van der Waals surface area contributed by atoms with Gasteiger partial charge >= 0.3 is 5.97 Å². The molecule has 1 saturated heterocycles. The number of carbonyl (C=O) groups is 2. The minimum absolute atomic E-state index is 0.246. The van der Waals surface area contributed by atoms with E-state index in [2.05, 4.69) is 25.5 Å². The Balaban J connectivity index is 1.63. The topological polar surface area (TPSA) is 117 Å². The van der Waals surface area contributed by atoms with Gasteiger partial charge in [-0.05, 0) is 11.6 Å². The Morgan fingerprint density at radius 1 is 1.32 bits per heavy atom. The van der Waals surface area contributed by atoms with Crippen molar-refractivity contribution in [3.8, 4) is 11.3 Å². The van der Waals surface area contributed by atoms with Gasteiger partial charge in [-0.25, -0.2) is 9.97 Å². The number of carbonyl (C=O) groups excluding carboxylic acids is 1. The fraction of sp³-hybridized carbons (Fsp3) is 0.125. The second-order valence-corrected chi connectivity index (χ2v) is 6.25. The van der Waals surface area contributed by atoms with Gasteiger partial charge < -0.3 is 10.4 Å². The number of carboxylic acids is 1. The Morgan fingerprint density at radius 3 is 2.80 bits per heavy atom. The van der Waals surface area contributed by atoms with E-state index in [1.54, 1.807) is 12.4 Å². The molecule has 1 atom stereocenters. The molecule has 1 amide bonds. The summed E-state index contributed by atoms with van der Waals surface area (Å²) >= 11 is 1.06. The van der Waals surface area contributed by atoms with Crippen molar-refractivity contribution in [1.82, 2.24) is 15.3 Å². The summed E-state index contributed by atoms with van der Waals surface area (Å²) in [5.41, 5.74) is 2.62. The first-order chi connectivity index (χ1) is 12.1. The van der Waals surface area contributed by atoms with Crippen LogP contribution in [0.15, 0.2) is 53.1 Å². The van der Waals surface area contributed by atoms with Crippen molar-refractivity contribution in [3.63, 3.8) is 0 Å². The van der Waals surface area contributed by atoms with Crippen molar-refractivity contribution >= 4 is 35.0 Å². The quantitative estimate of drug-likeness (QED) is 0.621. The van der Waals surface area contributed by atoms with E-state index in [0.717, 1.165) is 28.6 Å². The molecular weight excluding hydrogens is 342 g/mol. The van der Waals surface area contributed by atoms with Crippen LogP contribution in [0.25, 0.3) is 11.3 Å². The first-order valence-corrected chi connectivity index (χ1v) is 8.16. The summed E-state index contributed by atoms with van der Waals surface area (Å²) in [5, 5.41) is 18.7. The maximum atomic E-state index is 11.6. The van der Waals surface area contributed by atoms with Crippen molar-refractivity contribution in [3.05, 3.63) is 48.4 Å². The number of hydrogen-bond acceptors (Lipinski definition) is 7. The van der Waals surface area contributed by atoms with E-state index >= 15 is 0 Å². The highest BCUT2D eigenvalue weighted by Crippen LogP contribution is 2.22. The molecule has 8 nitrogen and oxygen atoms in total. The molecule has 0 saturated carbocycles. The molecule has 3 rings (SSSR count). The average Bonchev–Trinajstić information content (AvgIpc) is 2.95. The Kier molecular flexibility index (Phi) is 5.14. The maximum Gasteiger partial charge on any atom is 0.305 e. The number of nitrogens with zero attached hydrogens (tertiary/aromatic N) is 4. The number of rotatable bonds is 5. The highest BCUT2D eigenvalue weighted by Gasteiger charge is 2.32. The third-order valence-electron chi connectivity index (χ3n) is 3.28. The molecule has 0 radical (unpaired) electrons. The van der Waals surface area contributed by atoms with Crippen molar-refractivity contribution in [1.29, 1.82) is 0 Å². The summed E-state index contributed by atoms with van der Waals surface area (Å²) < 4.78 is 0. The Labute approximate surface area is 147 Å². The number of benzene rings is 1. The van der Waals surface area contributed by atoms with Gasteiger partial charge in [0.25, 0.3) is 0 Å². The Hall–Kier alpha value is -3.07. The lowest BCUT2D eigenvalue weighted by atomic mass is 10.1. The predicted octanol–water partition coefficient (Wildman–Crippen LogP) is 1.54. The van der Waals surface area contributed by atoms with Gasteiger partial charge in [-0.15, -0.1) is 5.10 Å².